The Kier molecular flexibility index (Phi) is 3.74. The molecule has 1 saturated heterocycles. The second kappa shape index (κ2) is 5.19. The lowest BCUT2D eigenvalue weighted by Gasteiger charge is -2.41. The van der Waals surface area contributed by atoms with Crippen LogP contribution in [-0.2, 0) is 4.79 Å². The molecule has 1 aromatic rings. The molecule has 1 fully saturated rings. The number of nitrogens with zero attached hydrogens (tertiary/aromatic N) is 1. The van der Waals surface area contributed by atoms with Gasteiger partial charge >= 0.3 is 5.97 Å². The fourth-order valence-corrected chi connectivity index (χ4v) is 2.51. The van der Waals surface area contributed by atoms with Gasteiger partial charge in [-0.05, 0) is 38.3 Å². The standard InChI is InChI=1S/C14H15F2NO3/c1-14(13(19)20)7-2-3-8-17(14)12(18)11-9(15)5-4-6-10(11)16/h4-6H,2-3,7-8H2,1H3,(H,19,20). The molecule has 1 aromatic carbocycles. The molecule has 1 N–H and O–H groups in total. The number of hydrogen-bond donors (Lipinski definition) is 1. The number of carbonyl (C=O) groups excluding carboxylic acids is 1. The molecule has 0 aromatic heterocycles. The molecule has 0 aliphatic carbocycles. The molecule has 0 spiro atoms. The van der Waals surface area contributed by atoms with E-state index in [1.54, 1.807) is 0 Å². The summed E-state index contributed by atoms with van der Waals surface area (Å²) in [5, 5.41) is 9.32. The summed E-state index contributed by atoms with van der Waals surface area (Å²) in [6.07, 6.45) is 1.54. The first-order chi connectivity index (χ1) is 9.38. The Morgan fingerprint density at radius 3 is 2.40 bits per heavy atom. The van der Waals surface area contributed by atoms with Crippen molar-refractivity contribution in [2.24, 2.45) is 0 Å². The van der Waals surface area contributed by atoms with Gasteiger partial charge in [0.15, 0.2) is 0 Å². The van der Waals surface area contributed by atoms with Gasteiger partial charge in [-0.3, -0.25) is 4.79 Å². The Hall–Kier alpha value is -1.98. The molecule has 1 atom stereocenters. The van der Waals surface area contributed by atoms with Crippen LogP contribution in [0, 0.1) is 11.6 Å². The van der Waals surface area contributed by atoms with E-state index in [-0.39, 0.29) is 13.0 Å². The van der Waals surface area contributed by atoms with E-state index in [1.807, 2.05) is 0 Å². The predicted octanol–water partition coefficient (Wildman–Crippen LogP) is 2.43. The summed E-state index contributed by atoms with van der Waals surface area (Å²) >= 11 is 0. The van der Waals surface area contributed by atoms with Crippen LogP contribution in [0.15, 0.2) is 18.2 Å². The van der Waals surface area contributed by atoms with Crippen LogP contribution in [0.25, 0.3) is 0 Å². The van der Waals surface area contributed by atoms with Crippen LogP contribution >= 0.6 is 0 Å². The molecule has 1 aliphatic heterocycles. The lowest BCUT2D eigenvalue weighted by molar-refractivity contribution is -0.150. The molecule has 4 nitrogen and oxygen atoms in total. The Morgan fingerprint density at radius 2 is 1.85 bits per heavy atom. The number of aliphatic carboxylic acids is 1. The maximum atomic E-state index is 13.7. The predicted molar refractivity (Wildman–Crippen MR) is 67.3 cm³/mol. The maximum absolute atomic E-state index is 13.7. The van der Waals surface area contributed by atoms with E-state index in [0.29, 0.717) is 12.8 Å². The third-order valence-corrected chi connectivity index (χ3v) is 3.77. The number of piperidine rings is 1. The average molecular weight is 283 g/mol. The van der Waals surface area contributed by atoms with Gasteiger partial charge in [-0.1, -0.05) is 6.07 Å². The molecule has 1 aliphatic rings. The van der Waals surface area contributed by atoms with Crippen molar-refractivity contribution in [3.05, 3.63) is 35.4 Å². The zero-order valence-corrected chi connectivity index (χ0v) is 11.0. The third kappa shape index (κ3) is 2.26. The summed E-state index contributed by atoms with van der Waals surface area (Å²) in [7, 11) is 0. The average Bonchev–Trinajstić information content (AvgIpc) is 2.38. The van der Waals surface area contributed by atoms with Crippen LogP contribution in [0.4, 0.5) is 8.78 Å². The maximum Gasteiger partial charge on any atom is 0.329 e. The highest BCUT2D eigenvalue weighted by Crippen LogP contribution is 2.30. The minimum atomic E-state index is -1.43. The van der Waals surface area contributed by atoms with Crippen LogP contribution < -0.4 is 0 Å². The van der Waals surface area contributed by atoms with Gasteiger partial charge in [-0.15, -0.1) is 0 Å². The van der Waals surface area contributed by atoms with Crippen molar-refractivity contribution in [1.29, 1.82) is 0 Å². The fourth-order valence-electron chi connectivity index (χ4n) is 2.51. The van der Waals surface area contributed by atoms with Crippen LogP contribution in [0.2, 0.25) is 0 Å². The molecule has 6 heteroatoms. The second-order valence-electron chi connectivity index (χ2n) is 5.09. The van der Waals surface area contributed by atoms with Gasteiger partial charge in [0.25, 0.3) is 5.91 Å². The SMILES string of the molecule is CC1(C(=O)O)CCCCN1C(=O)c1c(F)cccc1F. The first kappa shape index (κ1) is 14.4. The number of benzene rings is 1. The van der Waals surface area contributed by atoms with Crippen LogP contribution in [-0.4, -0.2) is 34.0 Å². The molecule has 0 radical (unpaired) electrons. The number of carboxylic acid groups (broad SMARTS) is 1. The van der Waals surface area contributed by atoms with Crippen molar-refractivity contribution in [3.63, 3.8) is 0 Å². The monoisotopic (exact) mass is 283 g/mol. The van der Waals surface area contributed by atoms with Crippen molar-refractivity contribution in [2.45, 2.75) is 31.7 Å². The molecule has 1 heterocycles. The van der Waals surface area contributed by atoms with E-state index < -0.39 is 34.6 Å². The van der Waals surface area contributed by atoms with E-state index in [2.05, 4.69) is 0 Å². The van der Waals surface area contributed by atoms with Crippen molar-refractivity contribution < 1.29 is 23.5 Å². The summed E-state index contributed by atoms with van der Waals surface area (Å²) in [5.41, 5.74) is -2.12. The Morgan fingerprint density at radius 1 is 1.25 bits per heavy atom. The summed E-state index contributed by atoms with van der Waals surface area (Å²) in [5.74, 6) is -4.03. The van der Waals surface area contributed by atoms with Crippen LogP contribution in [0.3, 0.4) is 0 Å². The topological polar surface area (TPSA) is 57.6 Å². The van der Waals surface area contributed by atoms with Crippen molar-refractivity contribution in [1.82, 2.24) is 4.90 Å². The Balaban J connectivity index is 2.43. The molecule has 0 saturated carbocycles. The molecule has 108 valence electrons. The van der Waals surface area contributed by atoms with Gasteiger partial charge in [0, 0.05) is 6.54 Å². The molecular formula is C14H15F2NO3. The fraction of sp³-hybridized carbons (Fsp3) is 0.429. The molecule has 2 rings (SSSR count). The number of likely N-dealkylation sites (tertiary alicyclic amines) is 1. The molecular weight excluding hydrogens is 268 g/mol. The molecule has 0 bridgehead atoms. The smallest absolute Gasteiger partial charge is 0.329 e. The highest BCUT2D eigenvalue weighted by molar-refractivity contribution is 5.98. The Labute approximate surface area is 115 Å². The van der Waals surface area contributed by atoms with Gasteiger partial charge in [-0.25, -0.2) is 13.6 Å². The number of amides is 1. The highest BCUT2D eigenvalue weighted by atomic mass is 19.1. The quantitative estimate of drug-likeness (QED) is 0.907. The first-order valence-corrected chi connectivity index (χ1v) is 6.37. The second-order valence-corrected chi connectivity index (χ2v) is 5.09. The van der Waals surface area contributed by atoms with E-state index >= 15 is 0 Å². The van der Waals surface area contributed by atoms with Gasteiger partial charge in [0.05, 0.1) is 0 Å². The largest absolute Gasteiger partial charge is 0.480 e. The summed E-state index contributed by atoms with van der Waals surface area (Å²) in [6.45, 7) is 1.58. The molecule has 1 amide bonds. The van der Waals surface area contributed by atoms with Gasteiger partial charge < -0.3 is 10.0 Å². The van der Waals surface area contributed by atoms with Crippen LogP contribution in [0.1, 0.15) is 36.5 Å². The van der Waals surface area contributed by atoms with Crippen LogP contribution in [0.5, 0.6) is 0 Å². The van der Waals surface area contributed by atoms with E-state index in [1.165, 1.54) is 6.92 Å². The lowest BCUT2D eigenvalue weighted by Crippen LogP contribution is -2.57. The van der Waals surface area contributed by atoms with Gasteiger partial charge in [0.1, 0.15) is 22.7 Å². The van der Waals surface area contributed by atoms with Crippen molar-refractivity contribution >= 4 is 11.9 Å². The zero-order valence-electron chi connectivity index (χ0n) is 11.0. The normalized spacial score (nSPS) is 22.6. The number of hydrogen-bond acceptors (Lipinski definition) is 2. The van der Waals surface area contributed by atoms with E-state index in [4.69, 9.17) is 0 Å². The number of carbonyl (C=O) groups is 2. The minimum Gasteiger partial charge on any atom is -0.480 e. The third-order valence-electron chi connectivity index (χ3n) is 3.77. The number of rotatable bonds is 2. The molecule has 20 heavy (non-hydrogen) atoms. The molecule has 1 unspecified atom stereocenters. The summed E-state index contributed by atoms with van der Waals surface area (Å²) < 4.78 is 27.3. The van der Waals surface area contributed by atoms with E-state index in [9.17, 15) is 23.5 Å². The van der Waals surface area contributed by atoms with E-state index in [0.717, 1.165) is 23.1 Å². The van der Waals surface area contributed by atoms with Crippen molar-refractivity contribution in [2.75, 3.05) is 6.54 Å². The highest BCUT2D eigenvalue weighted by Gasteiger charge is 2.45. The lowest BCUT2D eigenvalue weighted by atomic mass is 9.87. The first-order valence-electron chi connectivity index (χ1n) is 6.37. The van der Waals surface area contributed by atoms with Crippen molar-refractivity contribution in [3.8, 4) is 0 Å². The number of carboxylic acids is 1. The summed E-state index contributed by atoms with van der Waals surface area (Å²) in [6, 6.07) is 3.13. The van der Waals surface area contributed by atoms with Gasteiger partial charge in [0.2, 0.25) is 0 Å². The Bertz CT molecular complexity index is 541. The zero-order chi connectivity index (χ0) is 14.9. The number of halogens is 2. The van der Waals surface area contributed by atoms with Gasteiger partial charge in [-0.2, -0.15) is 0 Å². The minimum absolute atomic E-state index is 0.176. The summed E-state index contributed by atoms with van der Waals surface area (Å²) in [4.78, 5) is 24.8.